The van der Waals surface area contributed by atoms with Gasteiger partial charge in [0.25, 0.3) is 5.91 Å². The molecule has 2 rings (SSSR count). The summed E-state index contributed by atoms with van der Waals surface area (Å²) >= 11 is 3.06. The van der Waals surface area contributed by atoms with E-state index in [0.29, 0.717) is 10.9 Å². The van der Waals surface area contributed by atoms with Gasteiger partial charge < -0.3 is 11.1 Å². The number of rotatable bonds is 2. The van der Waals surface area contributed by atoms with Crippen molar-refractivity contribution in [1.29, 1.82) is 0 Å². The lowest BCUT2D eigenvalue weighted by Crippen LogP contribution is -2.30. The first-order valence-corrected chi connectivity index (χ1v) is 6.01. The Kier molecular flexibility index (Phi) is 3.37. The van der Waals surface area contributed by atoms with Crippen LogP contribution < -0.4 is 11.1 Å². The largest absolute Gasteiger partial charge is 0.416 e. The number of nitrogens with one attached hydrogen (secondary N) is 1. The fraction of sp³-hybridized carbons (Fsp3) is 0.364. The average Bonchev–Trinajstić information content (AvgIpc) is 2.92. The van der Waals surface area contributed by atoms with Crippen molar-refractivity contribution in [2.45, 2.75) is 24.7 Å². The monoisotopic (exact) mass is 322 g/mol. The summed E-state index contributed by atoms with van der Waals surface area (Å²) in [7, 11) is 0. The van der Waals surface area contributed by atoms with E-state index in [4.69, 9.17) is 5.73 Å². The summed E-state index contributed by atoms with van der Waals surface area (Å²) in [5.74, 6) is -0.550. The first-order chi connectivity index (χ1) is 8.29. The Bertz CT molecular complexity index is 490. The Balaban J connectivity index is 2.23. The van der Waals surface area contributed by atoms with Crippen LogP contribution in [0.25, 0.3) is 0 Å². The molecule has 1 amide bonds. The van der Waals surface area contributed by atoms with Gasteiger partial charge in [0.15, 0.2) is 0 Å². The average molecular weight is 323 g/mol. The van der Waals surface area contributed by atoms with Gasteiger partial charge in [-0.1, -0.05) is 0 Å². The minimum atomic E-state index is -4.47. The van der Waals surface area contributed by atoms with Gasteiger partial charge in [0.1, 0.15) is 0 Å². The van der Waals surface area contributed by atoms with Crippen LogP contribution in [0, 0.1) is 0 Å². The summed E-state index contributed by atoms with van der Waals surface area (Å²) in [6, 6.07) is 2.72. The van der Waals surface area contributed by atoms with Crippen molar-refractivity contribution in [3.05, 3.63) is 33.8 Å². The molecule has 1 aromatic carbocycles. The lowest BCUT2D eigenvalue weighted by atomic mass is 10.1. The van der Waals surface area contributed by atoms with Crippen molar-refractivity contribution in [1.82, 2.24) is 5.32 Å². The highest BCUT2D eigenvalue weighted by atomic mass is 79.9. The first-order valence-electron chi connectivity index (χ1n) is 5.22. The van der Waals surface area contributed by atoms with E-state index in [2.05, 4.69) is 21.2 Å². The number of benzene rings is 1. The summed E-state index contributed by atoms with van der Waals surface area (Å²) in [4.78, 5) is 11.8. The Labute approximate surface area is 110 Å². The molecule has 3 nitrogen and oxygen atoms in total. The van der Waals surface area contributed by atoms with Crippen molar-refractivity contribution in [3.8, 4) is 0 Å². The molecule has 0 aromatic heterocycles. The molecule has 1 aromatic rings. The third kappa shape index (κ3) is 2.84. The molecule has 2 unspecified atom stereocenters. The van der Waals surface area contributed by atoms with E-state index >= 15 is 0 Å². The molecule has 0 saturated heterocycles. The zero-order valence-corrected chi connectivity index (χ0v) is 10.7. The highest BCUT2D eigenvalue weighted by Crippen LogP contribution is 2.32. The first kappa shape index (κ1) is 13.4. The summed E-state index contributed by atoms with van der Waals surface area (Å²) < 4.78 is 37.9. The number of carbonyl (C=O) groups is 1. The van der Waals surface area contributed by atoms with Crippen LogP contribution in [-0.2, 0) is 6.18 Å². The molecule has 0 radical (unpaired) electrons. The molecule has 1 aliphatic rings. The van der Waals surface area contributed by atoms with Crippen molar-refractivity contribution < 1.29 is 18.0 Å². The fourth-order valence-electron chi connectivity index (χ4n) is 1.50. The summed E-state index contributed by atoms with van der Waals surface area (Å²) in [5.41, 5.74) is 4.63. The Morgan fingerprint density at radius 2 is 2.06 bits per heavy atom. The maximum Gasteiger partial charge on any atom is 0.416 e. The van der Waals surface area contributed by atoms with Gasteiger partial charge >= 0.3 is 6.18 Å². The van der Waals surface area contributed by atoms with E-state index in [0.717, 1.165) is 12.1 Å². The number of nitrogens with two attached hydrogens (primary N) is 1. The van der Waals surface area contributed by atoms with Crippen LogP contribution >= 0.6 is 15.9 Å². The van der Waals surface area contributed by atoms with Crippen LogP contribution in [0.15, 0.2) is 22.7 Å². The summed E-state index contributed by atoms with van der Waals surface area (Å²) in [6.07, 6.45) is -3.81. The van der Waals surface area contributed by atoms with Crippen LogP contribution in [0.1, 0.15) is 22.3 Å². The maximum absolute atomic E-state index is 12.5. The number of hydrogen-bond donors (Lipinski definition) is 2. The van der Waals surface area contributed by atoms with Crippen molar-refractivity contribution >= 4 is 21.8 Å². The second-order valence-corrected chi connectivity index (χ2v) is 5.03. The molecule has 1 saturated carbocycles. The predicted octanol–water partition coefficient (Wildman–Crippen LogP) is 2.30. The zero-order chi connectivity index (χ0) is 13.5. The second-order valence-electron chi connectivity index (χ2n) is 4.17. The van der Waals surface area contributed by atoms with Crippen molar-refractivity contribution in [3.63, 3.8) is 0 Å². The lowest BCUT2D eigenvalue weighted by Gasteiger charge is -2.10. The van der Waals surface area contributed by atoms with Gasteiger partial charge in [-0.2, -0.15) is 13.2 Å². The van der Waals surface area contributed by atoms with Gasteiger partial charge in [0.2, 0.25) is 0 Å². The van der Waals surface area contributed by atoms with Gasteiger partial charge in [0.05, 0.1) is 11.1 Å². The molecular formula is C11H10BrF3N2O. The predicted molar refractivity (Wildman–Crippen MR) is 63.0 cm³/mol. The zero-order valence-electron chi connectivity index (χ0n) is 9.09. The van der Waals surface area contributed by atoms with Gasteiger partial charge in [-0.05, 0) is 40.5 Å². The molecule has 1 fully saturated rings. The molecule has 1 aliphatic carbocycles. The van der Waals surface area contributed by atoms with Crippen LogP contribution in [0.2, 0.25) is 0 Å². The number of amides is 1. The van der Waals surface area contributed by atoms with Crippen LogP contribution in [0.5, 0.6) is 0 Å². The normalized spacial score (nSPS) is 22.7. The van der Waals surface area contributed by atoms with Crippen LogP contribution in [0.4, 0.5) is 13.2 Å². The molecule has 18 heavy (non-hydrogen) atoms. The van der Waals surface area contributed by atoms with E-state index in [1.54, 1.807) is 0 Å². The van der Waals surface area contributed by atoms with E-state index in [-0.39, 0.29) is 17.6 Å². The Morgan fingerprint density at radius 3 is 2.56 bits per heavy atom. The Hall–Kier alpha value is -1.08. The number of halogens is 4. The molecule has 0 bridgehead atoms. The number of hydrogen-bond acceptors (Lipinski definition) is 2. The lowest BCUT2D eigenvalue weighted by molar-refractivity contribution is -0.137. The Morgan fingerprint density at radius 1 is 1.44 bits per heavy atom. The molecule has 0 heterocycles. The third-order valence-corrected chi connectivity index (χ3v) is 3.39. The number of carbonyl (C=O) groups excluding carboxylic acids is 1. The highest BCUT2D eigenvalue weighted by Gasteiger charge is 2.36. The molecular weight excluding hydrogens is 313 g/mol. The third-order valence-electron chi connectivity index (χ3n) is 2.69. The van der Waals surface area contributed by atoms with Crippen LogP contribution in [-0.4, -0.2) is 18.0 Å². The van der Waals surface area contributed by atoms with Crippen LogP contribution in [0.3, 0.4) is 0 Å². The minimum absolute atomic E-state index is 0.0380. The molecule has 3 N–H and O–H groups in total. The molecule has 0 spiro atoms. The van der Waals surface area contributed by atoms with Gasteiger partial charge in [-0.15, -0.1) is 0 Å². The van der Waals surface area contributed by atoms with Gasteiger partial charge in [-0.3, -0.25) is 4.79 Å². The molecule has 7 heteroatoms. The highest BCUT2D eigenvalue weighted by molar-refractivity contribution is 9.10. The number of alkyl halides is 3. The second kappa shape index (κ2) is 4.55. The minimum Gasteiger partial charge on any atom is -0.348 e. The summed E-state index contributed by atoms with van der Waals surface area (Å²) in [6.45, 7) is 0. The quantitative estimate of drug-likeness (QED) is 0.877. The van der Waals surface area contributed by atoms with Crippen molar-refractivity contribution in [2.24, 2.45) is 5.73 Å². The van der Waals surface area contributed by atoms with Gasteiger partial charge in [0, 0.05) is 16.6 Å². The summed E-state index contributed by atoms with van der Waals surface area (Å²) in [5, 5.41) is 2.58. The molecule has 2 atom stereocenters. The van der Waals surface area contributed by atoms with E-state index in [1.807, 2.05) is 0 Å². The van der Waals surface area contributed by atoms with E-state index in [1.165, 1.54) is 6.07 Å². The topological polar surface area (TPSA) is 55.1 Å². The molecule has 98 valence electrons. The molecule has 0 aliphatic heterocycles. The van der Waals surface area contributed by atoms with Crippen molar-refractivity contribution in [2.75, 3.05) is 0 Å². The fourth-order valence-corrected chi connectivity index (χ4v) is 1.93. The van der Waals surface area contributed by atoms with Gasteiger partial charge in [-0.25, -0.2) is 0 Å². The van der Waals surface area contributed by atoms with E-state index < -0.39 is 17.6 Å². The van der Waals surface area contributed by atoms with E-state index in [9.17, 15) is 18.0 Å². The smallest absolute Gasteiger partial charge is 0.348 e. The SMILES string of the molecule is NC1CC1NC(=O)c1cc(C(F)(F)F)ccc1Br. The maximum atomic E-state index is 12.5. The standard InChI is InChI=1S/C11H10BrF3N2O/c12-7-2-1-5(11(13,14)15)3-6(7)10(18)17-9-4-8(9)16/h1-3,8-9H,4,16H2,(H,17,18).